The largest absolute Gasteiger partial charge is 0.309 e. The first-order valence-corrected chi connectivity index (χ1v) is 38.4. The highest BCUT2D eigenvalue weighted by atomic mass is 15.0. The van der Waals surface area contributed by atoms with E-state index in [2.05, 4.69) is 396 Å². The molecule has 0 bridgehead atoms. The van der Waals surface area contributed by atoms with E-state index in [1.54, 1.807) is 0 Å². The van der Waals surface area contributed by atoms with Gasteiger partial charge in [-0.3, -0.25) is 9.97 Å². The van der Waals surface area contributed by atoms with Crippen LogP contribution in [0.4, 0.5) is 0 Å². The fourth-order valence-corrected chi connectivity index (χ4v) is 17.6. The Labute approximate surface area is 654 Å². The minimum Gasteiger partial charge on any atom is -0.309 e. The molecule has 0 spiro atoms. The molecule has 0 aliphatic heterocycles. The lowest BCUT2D eigenvalue weighted by atomic mass is 9.75. The van der Waals surface area contributed by atoms with Gasteiger partial charge < -0.3 is 13.7 Å². The fraction of sp³-hybridized carbons (Fsp3) is 0. The van der Waals surface area contributed by atoms with E-state index in [-0.39, 0.29) is 0 Å². The van der Waals surface area contributed by atoms with Crippen molar-refractivity contribution >= 4 is 65.4 Å². The highest BCUT2D eigenvalue weighted by molar-refractivity contribution is 6.19. The Hall–Kier alpha value is -15.3. The van der Waals surface area contributed by atoms with E-state index in [0.29, 0.717) is 5.56 Å². The maximum Gasteiger partial charge on any atom is 0.100 e. The Bertz CT molecular complexity index is 6710. The maximum atomic E-state index is 13.4. The van der Waals surface area contributed by atoms with Crippen molar-refractivity contribution in [2.45, 2.75) is 0 Å². The van der Waals surface area contributed by atoms with E-state index in [1.165, 1.54) is 0 Å². The van der Waals surface area contributed by atoms with Gasteiger partial charge in [0.2, 0.25) is 0 Å². The third kappa shape index (κ3) is 11.2. The molecule has 6 heteroatoms. The molecule has 5 aromatic heterocycles. The molecule has 0 amide bonds. The topological polar surface area (TPSA) is 64.4 Å². The van der Waals surface area contributed by atoms with Crippen LogP contribution in [0.3, 0.4) is 0 Å². The van der Waals surface area contributed by atoms with Crippen molar-refractivity contribution in [1.82, 2.24) is 23.7 Å². The van der Waals surface area contributed by atoms with Gasteiger partial charge in [0.1, 0.15) is 6.07 Å². The summed E-state index contributed by atoms with van der Waals surface area (Å²) in [4.78, 5) is 10.1. The molecule has 0 radical (unpaired) electrons. The third-order valence-electron chi connectivity index (χ3n) is 22.7. The molecule has 0 unspecified atom stereocenters. The molecule has 0 aliphatic rings. The minimum atomic E-state index is 0.486. The number of aromatic nitrogens is 5. The Morgan fingerprint density at radius 1 is 0.195 bits per heavy atom. The van der Waals surface area contributed by atoms with Crippen LogP contribution in [-0.2, 0) is 0 Å². The van der Waals surface area contributed by atoms with Crippen molar-refractivity contribution < 1.29 is 0 Å². The highest BCUT2D eigenvalue weighted by Gasteiger charge is 2.34. The molecule has 0 atom stereocenters. The number of hydrogen-bond acceptors (Lipinski definition) is 3. The van der Waals surface area contributed by atoms with Crippen LogP contribution in [0.2, 0.25) is 0 Å². The van der Waals surface area contributed by atoms with Crippen LogP contribution in [0, 0.1) is 11.3 Å². The molecule has 0 saturated carbocycles. The van der Waals surface area contributed by atoms with Gasteiger partial charge in [-0.1, -0.05) is 285 Å². The molecular weight excluding hydrogens is 1370 g/mol. The summed E-state index contributed by atoms with van der Waals surface area (Å²) in [5.41, 5.74) is 31.3. The van der Waals surface area contributed by atoms with Crippen molar-refractivity contribution in [3.05, 3.63) is 419 Å². The van der Waals surface area contributed by atoms with E-state index < -0.39 is 0 Å². The van der Waals surface area contributed by atoms with Gasteiger partial charge >= 0.3 is 0 Å². The number of fused-ring (bicyclic) bond motifs is 9. The smallest absolute Gasteiger partial charge is 0.100 e. The molecule has 0 N–H and O–H groups in total. The summed E-state index contributed by atoms with van der Waals surface area (Å²) < 4.78 is 7.34. The standard InChI is InChI=1S/C107H68N6/c108-67-93-105(84-41-19-22-44-94(84)111-97-53-47-76(70-27-7-1-8-28-70)61-87(97)88-62-77(48-54-98(88)111)71-29-9-2-10-30-71)103(82-39-25-59-109-68-82)107(86-43-21-24-46-96(86)113-101-57-51-80(74-35-15-5-16-36-74)65-91(101)92-66-81(52-58-102(92)113)75-37-17-6-18-38-75)104(83-40-26-60-110-69-83)106(93)85-42-20-23-45-95(85)112-99-55-49-78(72-31-11-3-12-32-72)63-89(99)90-64-79(50-56-100(90)112)73-33-13-4-14-34-73/h1-66,68-69H. The molecule has 0 saturated heterocycles. The SMILES string of the molecule is N#Cc1c(-c2ccccc2-n2c3ccc(-c4ccccc4)cc3c3cc(-c4ccccc4)ccc32)c(-c2cccnc2)c(-c2ccccc2-n2c3ccc(-c4ccccc4)cc3c3cc(-c4ccccc4)ccc32)c(-c2cccnc2)c1-c1ccccc1-n1c2ccc(-c3ccccc3)cc2c2cc(-c3ccccc3)ccc21. The number of hydrogen-bond donors (Lipinski definition) is 0. The Morgan fingerprint density at radius 3 is 0.646 bits per heavy atom. The number of para-hydroxylation sites is 3. The quantitative estimate of drug-likeness (QED) is 0.109. The first-order chi connectivity index (χ1) is 56.1. The maximum absolute atomic E-state index is 13.4. The van der Waals surface area contributed by atoms with E-state index in [1.807, 2.05) is 36.9 Å². The average molecular weight is 1440 g/mol. The van der Waals surface area contributed by atoms with Crippen molar-refractivity contribution in [1.29, 1.82) is 5.26 Å². The van der Waals surface area contributed by atoms with Crippen LogP contribution < -0.4 is 0 Å². The van der Waals surface area contributed by atoms with E-state index in [0.717, 1.165) is 205 Å². The molecule has 6 nitrogen and oxygen atoms in total. The van der Waals surface area contributed by atoms with Gasteiger partial charge in [0, 0.05) is 113 Å². The van der Waals surface area contributed by atoms with Gasteiger partial charge in [-0.2, -0.15) is 5.26 Å². The highest BCUT2D eigenvalue weighted by Crippen LogP contribution is 2.57. The van der Waals surface area contributed by atoms with Gasteiger partial charge in [0.05, 0.1) is 55.7 Å². The molecule has 16 aromatic carbocycles. The van der Waals surface area contributed by atoms with Crippen LogP contribution in [0.1, 0.15) is 5.56 Å². The summed E-state index contributed by atoms with van der Waals surface area (Å²) in [6.45, 7) is 0. The molecule has 5 heterocycles. The first-order valence-electron chi connectivity index (χ1n) is 38.4. The second-order valence-electron chi connectivity index (χ2n) is 29.0. The fourth-order valence-electron chi connectivity index (χ4n) is 17.6. The zero-order valence-electron chi connectivity index (χ0n) is 61.4. The summed E-state index contributed by atoms with van der Waals surface area (Å²) in [5.74, 6) is 0. The Kier molecular flexibility index (Phi) is 16.2. The monoisotopic (exact) mass is 1440 g/mol. The molecule has 526 valence electrons. The second kappa shape index (κ2) is 27.7. The predicted octanol–water partition coefficient (Wildman–Crippen LogP) is 28.0. The van der Waals surface area contributed by atoms with Gasteiger partial charge in [-0.15, -0.1) is 0 Å². The summed E-state index contributed by atoms with van der Waals surface area (Å²) in [6, 6.07) is 143. The second-order valence-corrected chi connectivity index (χ2v) is 29.0. The van der Waals surface area contributed by atoms with Gasteiger partial charge in [-0.25, -0.2) is 0 Å². The number of rotatable bonds is 14. The first kappa shape index (κ1) is 66.0. The number of nitrogens with zero attached hydrogens (tertiary/aromatic N) is 6. The van der Waals surface area contributed by atoms with Crippen molar-refractivity contribution in [3.63, 3.8) is 0 Å². The third-order valence-corrected chi connectivity index (χ3v) is 22.7. The number of nitriles is 1. The summed E-state index contributed by atoms with van der Waals surface area (Å²) in [5, 5.41) is 20.0. The zero-order valence-corrected chi connectivity index (χ0v) is 61.4. The lowest BCUT2D eigenvalue weighted by Gasteiger charge is -2.29. The molecule has 21 rings (SSSR count). The van der Waals surface area contributed by atoms with E-state index >= 15 is 0 Å². The zero-order chi connectivity index (χ0) is 74.9. The molecule has 21 aromatic rings. The average Bonchev–Trinajstić information content (AvgIpc) is 1.63. The number of pyridine rings is 2. The summed E-state index contributed by atoms with van der Waals surface area (Å²) >= 11 is 0. The molecule has 113 heavy (non-hydrogen) atoms. The predicted molar refractivity (Wildman–Crippen MR) is 470 cm³/mol. The lowest BCUT2D eigenvalue weighted by Crippen LogP contribution is -2.07. The van der Waals surface area contributed by atoms with Crippen LogP contribution in [-0.4, -0.2) is 23.7 Å². The van der Waals surface area contributed by atoms with Gasteiger partial charge in [0.25, 0.3) is 0 Å². The minimum absolute atomic E-state index is 0.486. The lowest BCUT2D eigenvalue weighted by molar-refractivity contribution is 1.17. The molecule has 0 fully saturated rings. The van der Waals surface area contributed by atoms with Crippen molar-refractivity contribution in [2.24, 2.45) is 0 Å². The van der Waals surface area contributed by atoms with Crippen LogP contribution in [0.25, 0.3) is 205 Å². The van der Waals surface area contributed by atoms with Crippen LogP contribution >= 0.6 is 0 Å². The normalized spacial score (nSPS) is 11.5. The van der Waals surface area contributed by atoms with E-state index in [9.17, 15) is 5.26 Å². The molecule has 0 aliphatic carbocycles. The summed E-state index contributed by atoms with van der Waals surface area (Å²) in [6.07, 6.45) is 7.65. The Balaban J connectivity index is 0.922. The van der Waals surface area contributed by atoms with Crippen molar-refractivity contribution in [2.75, 3.05) is 0 Å². The van der Waals surface area contributed by atoms with Gasteiger partial charge in [-0.05, 0) is 170 Å². The number of benzene rings is 16. The summed E-state index contributed by atoms with van der Waals surface area (Å²) in [7, 11) is 0. The molecular formula is C107H68N6. The Morgan fingerprint density at radius 2 is 0.416 bits per heavy atom. The van der Waals surface area contributed by atoms with Crippen LogP contribution in [0.5, 0.6) is 0 Å². The van der Waals surface area contributed by atoms with Crippen molar-refractivity contribution in [3.8, 4) is 146 Å². The van der Waals surface area contributed by atoms with Gasteiger partial charge in [0.15, 0.2) is 0 Å². The van der Waals surface area contributed by atoms with Crippen LogP contribution in [0.15, 0.2) is 413 Å². The van der Waals surface area contributed by atoms with E-state index in [4.69, 9.17) is 9.97 Å².